The summed E-state index contributed by atoms with van der Waals surface area (Å²) in [5.41, 5.74) is 2.69. The van der Waals surface area contributed by atoms with Crippen LogP contribution in [-0.2, 0) is 6.42 Å². The van der Waals surface area contributed by atoms with Crippen LogP contribution in [0, 0.1) is 0 Å². The molecule has 1 unspecified atom stereocenters. The lowest BCUT2D eigenvalue weighted by Gasteiger charge is -2.04. The highest BCUT2D eigenvalue weighted by atomic mass is 32.1. The Morgan fingerprint density at radius 2 is 1.69 bits per heavy atom. The minimum absolute atomic E-state index is 0.348. The van der Waals surface area contributed by atoms with E-state index < -0.39 is 0 Å². The molecule has 0 saturated carbocycles. The smallest absolute Gasteiger partial charge is 0.0238 e. The van der Waals surface area contributed by atoms with Crippen molar-refractivity contribution in [3.63, 3.8) is 0 Å². The van der Waals surface area contributed by atoms with Gasteiger partial charge < -0.3 is 0 Å². The first kappa shape index (κ1) is 12.3. The summed E-state index contributed by atoms with van der Waals surface area (Å²) in [6.07, 6.45) is 1.11. The summed E-state index contributed by atoms with van der Waals surface area (Å²) < 4.78 is 0. The van der Waals surface area contributed by atoms with E-state index in [1.807, 2.05) is 0 Å². The molecule has 0 aliphatic heterocycles. The number of benzene rings is 1. The molecular weight excluding hydrogens is 176 g/mol. The average Bonchev–Trinajstić information content (AvgIpc) is 2.21. The Morgan fingerprint density at radius 3 is 2.00 bits per heavy atom. The summed E-state index contributed by atoms with van der Waals surface area (Å²) in [7, 11) is 0. The van der Waals surface area contributed by atoms with Gasteiger partial charge in [-0.3, -0.25) is 0 Å². The molecule has 0 saturated heterocycles. The van der Waals surface area contributed by atoms with Crippen LogP contribution in [0.15, 0.2) is 37.4 Å². The van der Waals surface area contributed by atoms with Crippen molar-refractivity contribution in [3.8, 4) is 0 Å². The third-order valence-electron chi connectivity index (χ3n) is 1.87. The van der Waals surface area contributed by atoms with Gasteiger partial charge in [-0.15, -0.1) is 13.2 Å². The molecule has 72 valence electrons. The number of aryl methyl sites for hydroxylation is 1. The van der Waals surface area contributed by atoms with Gasteiger partial charge in [0.25, 0.3) is 0 Å². The van der Waals surface area contributed by atoms with E-state index in [2.05, 4.69) is 63.9 Å². The molecule has 0 spiro atoms. The summed E-state index contributed by atoms with van der Waals surface area (Å²) in [5, 5.41) is 0.348. The molecule has 0 heterocycles. The van der Waals surface area contributed by atoms with Crippen molar-refractivity contribution >= 4 is 12.6 Å². The second kappa shape index (κ2) is 6.79. The number of hydrogen-bond acceptors (Lipinski definition) is 1. The third-order valence-corrected chi connectivity index (χ3v) is 2.17. The van der Waals surface area contributed by atoms with Gasteiger partial charge >= 0.3 is 0 Å². The fourth-order valence-electron chi connectivity index (χ4n) is 1.03. The summed E-state index contributed by atoms with van der Waals surface area (Å²) in [4.78, 5) is 0. The monoisotopic (exact) mass is 194 g/mol. The molecule has 1 aromatic rings. The normalized spacial score (nSPS) is 11.3. The van der Waals surface area contributed by atoms with Crippen molar-refractivity contribution in [1.29, 1.82) is 0 Å². The Hall–Kier alpha value is -0.690. The fraction of sp³-hybridized carbons (Fsp3) is 0.333. The van der Waals surface area contributed by atoms with Crippen LogP contribution in [0.3, 0.4) is 0 Å². The molecule has 0 N–H and O–H groups in total. The first-order valence-electron chi connectivity index (χ1n) is 4.51. The van der Waals surface area contributed by atoms with E-state index in [0.717, 1.165) is 6.42 Å². The first-order valence-corrected chi connectivity index (χ1v) is 5.02. The van der Waals surface area contributed by atoms with Gasteiger partial charge in [-0.2, -0.15) is 12.6 Å². The second-order valence-corrected chi connectivity index (χ2v) is 3.55. The highest BCUT2D eigenvalue weighted by Gasteiger charge is 1.97. The summed E-state index contributed by atoms with van der Waals surface area (Å²) in [6, 6.07) is 8.64. The van der Waals surface area contributed by atoms with Gasteiger partial charge in [-0.25, -0.2) is 0 Å². The van der Waals surface area contributed by atoms with Crippen molar-refractivity contribution < 1.29 is 0 Å². The van der Waals surface area contributed by atoms with Crippen molar-refractivity contribution in [3.05, 3.63) is 48.6 Å². The van der Waals surface area contributed by atoms with E-state index in [1.165, 1.54) is 11.1 Å². The van der Waals surface area contributed by atoms with Crippen LogP contribution in [-0.4, -0.2) is 0 Å². The van der Waals surface area contributed by atoms with E-state index in [-0.39, 0.29) is 0 Å². The quantitative estimate of drug-likeness (QED) is 0.533. The highest BCUT2D eigenvalue weighted by Crippen LogP contribution is 2.18. The van der Waals surface area contributed by atoms with Crippen molar-refractivity contribution in [1.82, 2.24) is 0 Å². The molecule has 1 atom stereocenters. The molecule has 1 aromatic carbocycles. The molecule has 0 radical (unpaired) electrons. The Labute approximate surface area is 87.1 Å². The van der Waals surface area contributed by atoms with Crippen LogP contribution in [0.5, 0.6) is 0 Å². The van der Waals surface area contributed by atoms with Gasteiger partial charge in [0.05, 0.1) is 0 Å². The fourth-order valence-corrected chi connectivity index (χ4v) is 1.20. The van der Waals surface area contributed by atoms with E-state index in [0.29, 0.717) is 5.25 Å². The topological polar surface area (TPSA) is 0 Å². The van der Waals surface area contributed by atoms with E-state index in [4.69, 9.17) is 0 Å². The van der Waals surface area contributed by atoms with Crippen molar-refractivity contribution in [2.75, 3.05) is 0 Å². The summed E-state index contributed by atoms with van der Waals surface area (Å²) in [5.74, 6) is 0. The zero-order chi connectivity index (χ0) is 10.3. The van der Waals surface area contributed by atoms with Crippen LogP contribution in [0.4, 0.5) is 0 Å². The van der Waals surface area contributed by atoms with Crippen LogP contribution >= 0.6 is 12.6 Å². The number of hydrogen-bond donors (Lipinski definition) is 1. The van der Waals surface area contributed by atoms with Gasteiger partial charge in [0.1, 0.15) is 0 Å². The molecule has 0 aliphatic carbocycles. The van der Waals surface area contributed by atoms with Gasteiger partial charge in [0, 0.05) is 5.25 Å². The molecule has 0 bridgehead atoms. The zero-order valence-corrected chi connectivity index (χ0v) is 9.35. The van der Waals surface area contributed by atoms with Crippen LogP contribution in [0.2, 0.25) is 0 Å². The molecular formula is C12H18S. The van der Waals surface area contributed by atoms with Gasteiger partial charge in [-0.1, -0.05) is 31.2 Å². The minimum atomic E-state index is 0.348. The van der Waals surface area contributed by atoms with Gasteiger partial charge in [0.15, 0.2) is 0 Å². The van der Waals surface area contributed by atoms with Gasteiger partial charge in [0.2, 0.25) is 0 Å². The SMILES string of the molecule is C=C.CCc1ccc(C(C)S)cc1. The molecule has 13 heavy (non-hydrogen) atoms. The second-order valence-electron chi connectivity index (χ2n) is 2.77. The maximum Gasteiger partial charge on any atom is 0.0238 e. The van der Waals surface area contributed by atoms with Crippen LogP contribution < -0.4 is 0 Å². The maximum absolute atomic E-state index is 4.35. The summed E-state index contributed by atoms with van der Waals surface area (Å²) in [6.45, 7) is 10.3. The van der Waals surface area contributed by atoms with Crippen molar-refractivity contribution in [2.45, 2.75) is 25.5 Å². The van der Waals surface area contributed by atoms with Gasteiger partial charge in [-0.05, 0) is 24.5 Å². The molecule has 1 rings (SSSR count). The predicted molar refractivity (Wildman–Crippen MR) is 64.5 cm³/mol. The minimum Gasteiger partial charge on any atom is -0.171 e. The Balaban J connectivity index is 0.000000671. The van der Waals surface area contributed by atoms with Crippen molar-refractivity contribution in [2.24, 2.45) is 0 Å². The summed E-state index contributed by atoms with van der Waals surface area (Å²) >= 11 is 4.35. The molecule has 0 aromatic heterocycles. The van der Waals surface area contributed by atoms with Crippen LogP contribution in [0.1, 0.15) is 30.2 Å². The lowest BCUT2D eigenvalue weighted by atomic mass is 10.1. The molecule has 0 amide bonds. The molecule has 0 nitrogen and oxygen atoms in total. The Morgan fingerprint density at radius 1 is 1.23 bits per heavy atom. The maximum atomic E-state index is 4.35. The average molecular weight is 194 g/mol. The Bertz CT molecular complexity index is 223. The predicted octanol–water partition coefficient (Wildman–Crippen LogP) is 4.04. The highest BCUT2D eigenvalue weighted by molar-refractivity contribution is 7.80. The molecule has 0 aliphatic rings. The zero-order valence-electron chi connectivity index (χ0n) is 8.46. The molecule has 1 heteroatoms. The van der Waals surface area contributed by atoms with E-state index in [1.54, 1.807) is 0 Å². The van der Waals surface area contributed by atoms with Crippen LogP contribution in [0.25, 0.3) is 0 Å². The number of rotatable bonds is 2. The standard InChI is InChI=1S/C10H14S.C2H4/c1-3-9-4-6-10(7-5-9)8(2)11;1-2/h4-8,11H,3H2,1-2H3;1-2H2. The third kappa shape index (κ3) is 4.18. The Kier molecular flexibility index (Phi) is 6.43. The lowest BCUT2D eigenvalue weighted by molar-refractivity contribution is 1.08. The van der Waals surface area contributed by atoms with E-state index >= 15 is 0 Å². The largest absolute Gasteiger partial charge is 0.171 e. The first-order chi connectivity index (χ1) is 6.24. The molecule has 0 fully saturated rings. The number of thiol groups is 1. The van der Waals surface area contributed by atoms with E-state index in [9.17, 15) is 0 Å². The lowest BCUT2D eigenvalue weighted by Crippen LogP contribution is -1.85.